The Hall–Kier alpha value is -1.61. The van der Waals surface area contributed by atoms with Gasteiger partial charge in [-0.15, -0.1) is 0 Å². The predicted molar refractivity (Wildman–Crippen MR) is 72.6 cm³/mol. The Bertz CT molecular complexity index is 533. The number of pyridine rings is 1. The Kier molecular flexibility index (Phi) is 3.15. The van der Waals surface area contributed by atoms with Gasteiger partial charge in [0.2, 0.25) is 0 Å². The fraction of sp³-hybridized carbons (Fsp3) is 0.400. The quantitative estimate of drug-likeness (QED) is 0.880. The van der Waals surface area contributed by atoms with Gasteiger partial charge in [0, 0.05) is 23.8 Å². The number of rotatable bonds is 2. The highest BCUT2D eigenvalue weighted by Crippen LogP contribution is 2.25. The van der Waals surface area contributed by atoms with Crippen molar-refractivity contribution in [1.82, 2.24) is 4.98 Å². The Balaban J connectivity index is 1.74. The molecule has 1 aromatic heterocycles. The van der Waals surface area contributed by atoms with Gasteiger partial charge in [-0.1, -0.05) is 0 Å². The van der Waals surface area contributed by atoms with Gasteiger partial charge in [-0.25, -0.2) is 0 Å². The second-order valence-electron chi connectivity index (χ2n) is 5.04. The van der Waals surface area contributed by atoms with E-state index >= 15 is 0 Å². The summed E-state index contributed by atoms with van der Waals surface area (Å²) >= 11 is 0. The van der Waals surface area contributed by atoms with Crippen LogP contribution in [0.1, 0.15) is 25.7 Å². The van der Waals surface area contributed by atoms with Crippen LogP contribution in [0, 0.1) is 0 Å². The average Bonchev–Trinajstić information content (AvgIpc) is 2.41. The molecule has 1 aliphatic rings. The van der Waals surface area contributed by atoms with Crippen molar-refractivity contribution in [2.45, 2.75) is 37.8 Å². The van der Waals surface area contributed by atoms with Crippen LogP contribution < -0.4 is 10.5 Å². The van der Waals surface area contributed by atoms with Crippen LogP contribution in [0.2, 0.25) is 0 Å². The molecule has 0 atom stereocenters. The molecule has 1 aromatic carbocycles. The first-order valence-electron chi connectivity index (χ1n) is 6.57. The Morgan fingerprint density at radius 2 is 1.89 bits per heavy atom. The van der Waals surface area contributed by atoms with Gasteiger partial charge < -0.3 is 10.5 Å². The van der Waals surface area contributed by atoms with E-state index < -0.39 is 0 Å². The van der Waals surface area contributed by atoms with Gasteiger partial charge in [-0.2, -0.15) is 0 Å². The smallest absolute Gasteiger partial charge is 0.120 e. The maximum absolute atomic E-state index is 6.04. The van der Waals surface area contributed by atoms with E-state index in [4.69, 9.17) is 10.5 Å². The number of fused-ring (bicyclic) bond motifs is 1. The lowest BCUT2D eigenvalue weighted by Gasteiger charge is -2.26. The Morgan fingerprint density at radius 1 is 1.06 bits per heavy atom. The van der Waals surface area contributed by atoms with Crippen LogP contribution in [-0.2, 0) is 0 Å². The average molecular weight is 242 g/mol. The minimum Gasteiger partial charge on any atom is -0.490 e. The normalized spacial score (nSPS) is 24.1. The molecule has 0 spiro atoms. The molecule has 3 nitrogen and oxygen atoms in total. The van der Waals surface area contributed by atoms with Gasteiger partial charge >= 0.3 is 0 Å². The van der Waals surface area contributed by atoms with Crippen molar-refractivity contribution < 1.29 is 4.74 Å². The third-order valence-corrected chi connectivity index (χ3v) is 3.63. The second-order valence-corrected chi connectivity index (χ2v) is 5.04. The zero-order valence-corrected chi connectivity index (χ0v) is 10.4. The molecular weight excluding hydrogens is 224 g/mol. The number of aromatic nitrogens is 1. The highest BCUT2D eigenvalue weighted by Gasteiger charge is 2.19. The van der Waals surface area contributed by atoms with Gasteiger partial charge in [0.05, 0.1) is 6.10 Å². The van der Waals surface area contributed by atoms with Crippen molar-refractivity contribution in [3.8, 4) is 5.75 Å². The standard InChI is InChI=1S/C15H18N2O/c16-13-2-5-14(6-3-13)18-15-4-1-12-10-17-8-7-11(12)9-15/h1,4,7-10,13-14H,2-3,5-6,16H2. The number of nitrogens with two attached hydrogens (primary N) is 1. The van der Waals surface area contributed by atoms with Crippen molar-refractivity contribution in [3.05, 3.63) is 36.7 Å². The molecule has 2 N–H and O–H groups in total. The fourth-order valence-electron chi connectivity index (χ4n) is 2.53. The van der Waals surface area contributed by atoms with Gasteiger partial charge in [-0.3, -0.25) is 4.98 Å². The SMILES string of the molecule is NC1CCC(Oc2ccc3cnccc3c2)CC1. The van der Waals surface area contributed by atoms with Gasteiger partial charge in [0.1, 0.15) is 5.75 Å². The third-order valence-electron chi connectivity index (χ3n) is 3.63. The molecule has 0 radical (unpaired) electrons. The zero-order chi connectivity index (χ0) is 12.4. The van der Waals surface area contributed by atoms with Crippen LogP contribution in [0.4, 0.5) is 0 Å². The minimum absolute atomic E-state index is 0.323. The van der Waals surface area contributed by atoms with E-state index in [1.165, 1.54) is 5.39 Å². The maximum Gasteiger partial charge on any atom is 0.120 e. The van der Waals surface area contributed by atoms with Crippen LogP contribution in [0.25, 0.3) is 10.8 Å². The molecule has 3 rings (SSSR count). The molecule has 0 saturated heterocycles. The molecular formula is C15H18N2O. The molecule has 0 unspecified atom stereocenters. The number of hydrogen-bond acceptors (Lipinski definition) is 3. The maximum atomic E-state index is 6.04. The minimum atomic E-state index is 0.323. The van der Waals surface area contributed by atoms with Crippen LogP contribution in [0.3, 0.4) is 0 Å². The van der Waals surface area contributed by atoms with Crippen LogP contribution in [-0.4, -0.2) is 17.1 Å². The summed E-state index contributed by atoms with van der Waals surface area (Å²) in [5, 5.41) is 2.32. The molecule has 3 heteroatoms. The molecule has 94 valence electrons. The highest BCUT2D eigenvalue weighted by atomic mass is 16.5. The summed E-state index contributed by atoms with van der Waals surface area (Å²) < 4.78 is 6.04. The van der Waals surface area contributed by atoms with Gasteiger partial charge in [-0.05, 0) is 55.3 Å². The molecule has 18 heavy (non-hydrogen) atoms. The van der Waals surface area contributed by atoms with Crippen LogP contribution >= 0.6 is 0 Å². The summed E-state index contributed by atoms with van der Waals surface area (Å²) in [6.45, 7) is 0. The van der Waals surface area contributed by atoms with Crippen molar-refractivity contribution in [2.75, 3.05) is 0 Å². The van der Waals surface area contributed by atoms with E-state index in [1.54, 1.807) is 0 Å². The lowest BCUT2D eigenvalue weighted by atomic mass is 9.94. The Labute approximate surface area is 107 Å². The van der Waals surface area contributed by atoms with Gasteiger partial charge in [0.25, 0.3) is 0 Å². The molecule has 0 amide bonds. The summed E-state index contributed by atoms with van der Waals surface area (Å²) in [6.07, 6.45) is 8.28. The van der Waals surface area contributed by atoms with Crippen molar-refractivity contribution in [3.63, 3.8) is 0 Å². The van der Waals surface area contributed by atoms with E-state index in [9.17, 15) is 0 Å². The zero-order valence-electron chi connectivity index (χ0n) is 10.4. The lowest BCUT2D eigenvalue weighted by molar-refractivity contribution is 0.147. The molecule has 0 bridgehead atoms. The van der Waals surface area contributed by atoms with E-state index in [0.29, 0.717) is 12.1 Å². The van der Waals surface area contributed by atoms with Crippen molar-refractivity contribution in [2.24, 2.45) is 5.73 Å². The van der Waals surface area contributed by atoms with Crippen LogP contribution in [0.5, 0.6) is 5.75 Å². The van der Waals surface area contributed by atoms with Gasteiger partial charge in [0.15, 0.2) is 0 Å². The second kappa shape index (κ2) is 4.94. The summed E-state index contributed by atoms with van der Waals surface area (Å²) in [5.41, 5.74) is 5.90. The highest BCUT2D eigenvalue weighted by molar-refractivity contribution is 5.82. The topological polar surface area (TPSA) is 48.1 Å². The Morgan fingerprint density at radius 3 is 2.72 bits per heavy atom. The molecule has 1 saturated carbocycles. The van der Waals surface area contributed by atoms with Crippen LogP contribution in [0.15, 0.2) is 36.7 Å². The molecule has 1 aliphatic carbocycles. The number of nitrogens with zero attached hydrogens (tertiary/aromatic N) is 1. The summed E-state index contributed by atoms with van der Waals surface area (Å²) in [6, 6.07) is 8.56. The molecule has 2 aromatic rings. The molecule has 1 heterocycles. The monoisotopic (exact) mass is 242 g/mol. The first kappa shape index (κ1) is 11.5. The lowest BCUT2D eigenvalue weighted by Crippen LogP contribution is -2.31. The fourth-order valence-corrected chi connectivity index (χ4v) is 2.53. The summed E-state index contributed by atoms with van der Waals surface area (Å²) in [7, 11) is 0. The number of hydrogen-bond donors (Lipinski definition) is 1. The number of benzene rings is 1. The molecule has 1 fully saturated rings. The molecule has 0 aliphatic heterocycles. The van der Waals surface area contributed by atoms with E-state index in [1.807, 2.05) is 24.5 Å². The van der Waals surface area contributed by atoms with E-state index in [0.717, 1.165) is 36.8 Å². The third kappa shape index (κ3) is 2.46. The summed E-state index contributed by atoms with van der Waals surface area (Å²) in [5.74, 6) is 0.953. The van der Waals surface area contributed by atoms with Crippen molar-refractivity contribution >= 4 is 10.8 Å². The summed E-state index contributed by atoms with van der Waals surface area (Å²) in [4.78, 5) is 4.11. The van der Waals surface area contributed by atoms with Crippen molar-refractivity contribution in [1.29, 1.82) is 0 Å². The number of ether oxygens (including phenoxy) is 1. The van der Waals surface area contributed by atoms with E-state index in [-0.39, 0.29) is 0 Å². The van der Waals surface area contributed by atoms with E-state index in [2.05, 4.69) is 17.1 Å². The first-order chi connectivity index (χ1) is 8.81. The predicted octanol–water partition coefficient (Wildman–Crippen LogP) is 2.88. The largest absolute Gasteiger partial charge is 0.490 e. The first-order valence-corrected chi connectivity index (χ1v) is 6.57.